The molecule has 0 radical (unpaired) electrons. The van der Waals surface area contributed by atoms with Crippen LogP contribution in [0.2, 0.25) is 10.0 Å². The number of carbonyl (C=O) groups excluding carboxylic acids is 1. The van der Waals surface area contributed by atoms with Crippen LogP contribution in [0.5, 0.6) is 0 Å². The molecule has 12 heavy (non-hydrogen) atoms. The molecule has 0 unspecified atom stereocenters. The maximum Gasteiger partial charge on any atom is 0.193 e. The van der Waals surface area contributed by atoms with E-state index in [0.717, 1.165) is 0 Å². The smallest absolute Gasteiger partial charge is 0.193 e. The topological polar surface area (TPSA) is 17.1 Å². The molecule has 0 heterocycles. The van der Waals surface area contributed by atoms with Crippen LogP contribution in [0.3, 0.4) is 0 Å². The van der Waals surface area contributed by atoms with E-state index in [1.807, 2.05) is 0 Å². The van der Waals surface area contributed by atoms with E-state index in [4.69, 9.17) is 23.2 Å². The highest BCUT2D eigenvalue weighted by atomic mass is 35.5. The molecule has 0 amide bonds. The van der Waals surface area contributed by atoms with Crippen molar-refractivity contribution in [2.75, 3.05) is 0 Å². The van der Waals surface area contributed by atoms with Crippen molar-refractivity contribution in [1.82, 2.24) is 0 Å². The molecule has 0 aliphatic rings. The highest BCUT2D eigenvalue weighted by Crippen LogP contribution is 2.24. The lowest BCUT2D eigenvalue weighted by atomic mass is 10.2. The molecule has 0 saturated carbocycles. The third-order valence-electron chi connectivity index (χ3n) is 1.22. The van der Waals surface area contributed by atoms with Crippen molar-refractivity contribution in [3.8, 4) is 11.8 Å². The summed E-state index contributed by atoms with van der Waals surface area (Å²) < 4.78 is 0. The molecule has 0 saturated heterocycles. The number of benzene rings is 1. The third kappa shape index (κ3) is 2.01. The molecule has 0 aliphatic heterocycles. The van der Waals surface area contributed by atoms with Gasteiger partial charge in [0.15, 0.2) is 6.29 Å². The fraction of sp³-hybridized carbons (Fsp3) is 0. The van der Waals surface area contributed by atoms with Crippen molar-refractivity contribution in [1.29, 1.82) is 0 Å². The predicted molar refractivity (Wildman–Crippen MR) is 49.4 cm³/mol. The highest BCUT2D eigenvalue weighted by Gasteiger charge is 1.99. The fourth-order valence-electron chi connectivity index (χ4n) is 0.708. The Labute approximate surface area is 80.3 Å². The molecule has 1 nitrogen and oxygen atoms in total. The number of halogens is 2. The minimum absolute atomic E-state index is 0.383. The third-order valence-corrected chi connectivity index (χ3v) is 2.04. The number of carbonyl (C=O) groups is 1. The molecular weight excluding hydrogens is 195 g/mol. The van der Waals surface area contributed by atoms with Gasteiger partial charge in [-0.05, 0) is 18.1 Å². The summed E-state index contributed by atoms with van der Waals surface area (Å²) in [6.07, 6.45) is 0.511. The molecule has 0 atom stereocenters. The zero-order valence-electron chi connectivity index (χ0n) is 5.97. The predicted octanol–water partition coefficient (Wildman–Crippen LogP) is 2.54. The van der Waals surface area contributed by atoms with Gasteiger partial charge in [-0.1, -0.05) is 35.2 Å². The molecule has 0 aromatic heterocycles. The molecule has 0 aliphatic carbocycles. The van der Waals surface area contributed by atoms with Crippen molar-refractivity contribution in [2.45, 2.75) is 0 Å². The second-order valence-corrected chi connectivity index (χ2v) is 2.77. The van der Waals surface area contributed by atoms with Gasteiger partial charge in [-0.15, -0.1) is 0 Å². The average Bonchev–Trinajstić information content (AvgIpc) is 2.08. The standard InChI is InChI=1S/C9H4Cl2O/c10-8-5-1-3-7(9(8)11)4-2-6-12/h1,3,5-6H. The first kappa shape index (κ1) is 9.12. The van der Waals surface area contributed by atoms with Gasteiger partial charge in [0.2, 0.25) is 0 Å². The van der Waals surface area contributed by atoms with E-state index >= 15 is 0 Å². The summed E-state index contributed by atoms with van der Waals surface area (Å²) in [5, 5.41) is 0.822. The lowest BCUT2D eigenvalue weighted by molar-refractivity contribution is -0.103. The summed E-state index contributed by atoms with van der Waals surface area (Å²) >= 11 is 11.5. The Hall–Kier alpha value is -0.970. The van der Waals surface area contributed by atoms with E-state index < -0.39 is 0 Å². The summed E-state index contributed by atoms with van der Waals surface area (Å²) in [5.74, 6) is 4.83. The quantitative estimate of drug-likeness (QED) is 0.463. The maximum atomic E-state index is 9.92. The van der Waals surface area contributed by atoms with Gasteiger partial charge in [-0.3, -0.25) is 4.79 Å². The van der Waals surface area contributed by atoms with Gasteiger partial charge in [-0.2, -0.15) is 0 Å². The van der Waals surface area contributed by atoms with Gasteiger partial charge in [-0.25, -0.2) is 0 Å². The molecule has 60 valence electrons. The van der Waals surface area contributed by atoms with Gasteiger partial charge in [0, 0.05) is 5.56 Å². The van der Waals surface area contributed by atoms with Crippen LogP contribution in [-0.4, -0.2) is 6.29 Å². The summed E-state index contributed by atoms with van der Waals surface area (Å²) in [5.41, 5.74) is 0.566. The van der Waals surface area contributed by atoms with Crippen LogP contribution >= 0.6 is 23.2 Å². The Kier molecular flexibility index (Phi) is 3.16. The summed E-state index contributed by atoms with van der Waals surface area (Å²) in [6.45, 7) is 0. The molecule has 0 fully saturated rings. The molecule has 1 aromatic carbocycles. The maximum absolute atomic E-state index is 9.92. The summed E-state index contributed by atoms with van der Waals surface area (Å²) in [4.78, 5) is 9.92. The lowest BCUT2D eigenvalue weighted by Crippen LogP contribution is -1.77. The first-order valence-electron chi connectivity index (χ1n) is 3.15. The zero-order valence-corrected chi connectivity index (χ0v) is 7.49. The fourth-order valence-corrected chi connectivity index (χ4v) is 1.06. The van der Waals surface area contributed by atoms with E-state index in [1.54, 1.807) is 18.2 Å². The summed E-state index contributed by atoms with van der Waals surface area (Å²) in [6, 6.07) is 5.09. The molecule has 1 rings (SSSR count). The molecule has 1 aromatic rings. The Bertz CT molecular complexity index is 361. The second kappa shape index (κ2) is 4.15. The van der Waals surface area contributed by atoms with Crippen molar-refractivity contribution in [3.63, 3.8) is 0 Å². The van der Waals surface area contributed by atoms with Gasteiger partial charge in [0.05, 0.1) is 10.0 Å². The minimum Gasteiger partial charge on any atom is -0.289 e. The molecule has 3 heteroatoms. The van der Waals surface area contributed by atoms with E-state index in [2.05, 4.69) is 11.8 Å². The lowest BCUT2D eigenvalue weighted by Gasteiger charge is -1.96. The minimum atomic E-state index is 0.383. The van der Waals surface area contributed by atoms with Crippen LogP contribution in [0.1, 0.15) is 5.56 Å². The largest absolute Gasteiger partial charge is 0.289 e. The van der Waals surface area contributed by atoms with E-state index in [-0.39, 0.29) is 0 Å². The van der Waals surface area contributed by atoms with Crippen molar-refractivity contribution in [3.05, 3.63) is 33.8 Å². The van der Waals surface area contributed by atoms with Crippen LogP contribution in [-0.2, 0) is 4.79 Å². The van der Waals surface area contributed by atoms with Crippen LogP contribution in [0.4, 0.5) is 0 Å². The zero-order chi connectivity index (χ0) is 8.97. The van der Waals surface area contributed by atoms with Crippen molar-refractivity contribution < 1.29 is 4.79 Å². The first-order valence-corrected chi connectivity index (χ1v) is 3.90. The second-order valence-electron chi connectivity index (χ2n) is 1.99. The van der Waals surface area contributed by atoms with Crippen LogP contribution in [0.25, 0.3) is 0 Å². The van der Waals surface area contributed by atoms with Gasteiger partial charge in [0.25, 0.3) is 0 Å². The number of rotatable bonds is 0. The van der Waals surface area contributed by atoms with Crippen molar-refractivity contribution >= 4 is 29.5 Å². The normalized spacial score (nSPS) is 8.50. The highest BCUT2D eigenvalue weighted by molar-refractivity contribution is 6.42. The van der Waals surface area contributed by atoms with Gasteiger partial charge < -0.3 is 0 Å². The Morgan fingerprint density at radius 2 is 2.08 bits per heavy atom. The SMILES string of the molecule is O=CC#Cc1cccc(Cl)c1Cl. The molecule has 0 bridgehead atoms. The van der Waals surface area contributed by atoms with E-state index in [9.17, 15) is 4.79 Å². The van der Waals surface area contributed by atoms with Gasteiger partial charge >= 0.3 is 0 Å². The molecular formula is C9H4Cl2O. The van der Waals surface area contributed by atoms with Gasteiger partial charge in [0.1, 0.15) is 0 Å². The first-order chi connectivity index (χ1) is 5.75. The van der Waals surface area contributed by atoms with E-state index in [0.29, 0.717) is 21.9 Å². The van der Waals surface area contributed by atoms with Crippen LogP contribution in [0, 0.1) is 11.8 Å². The average molecular weight is 199 g/mol. The monoisotopic (exact) mass is 198 g/mol. The molecule has 0 spiro atoms. The summed E-state index contributed by atoms with van der Waals surface area (Å²) in [7, 11) is 0. The Balaban J connectivity index is 3.16. The van der Waals surface area contributed by atoms with E-state index in [1.165, 1.54) is 0 Å². The molecule has 0 N–H and O–H groups in total. The van der Waals surface area contributed by atoms with Crippen LogP contribution in [0.15, 0.2) is 18.2 Å². The Morgan fingerprint density at radius 3 is 2.75 bits per heavy atom. The Morgan fingerprint density at radius 1 is 1.33 bits per heavy atom. The van der Waals surface area contributed by atoms with Crippen LogP contribution < -0.4 is 0 Å². The number of aldehydes is 1. The van der Waals surface area contributed by atoms with Crippen molar-refractivity contribution in [2.24, 2.45) is 0 Å². The number of hydrogen-bond donors (Lipinski definition) is 0. The number of hydrogen-bond acceptors (Lipinski definition) is 1.